The molecule has 70 valence electrons. The zero-order chi connectivity index (χ0) is 8.77. The second kappa shape index (κ2) is 2.71. The molecule has 0 spiro atoms. The number of nitrogens with two attached hydrogens (primary N) is 1. The van der Waals surface area contributed by atoms with Crippen molar-refractivity contribution in [1.82, 2.24) is 4.90 Å². The molecule has 2 atom stereocenters. The Morgan fingerprint density at radius 3 is 2.83 bits per heavy atom. The Morgan fingerprint density at radius 1 is 1.33 bits per heavy atom. The zero-order valence-corrected chi connectivity index (χ0v) is 8.21. The van der Waals surface area contributed by atoms with Gasteiger partial charge < -0.3 is 5.73 Å². The molecule has 0 aromatic rings. The van der Waals surface area contributed by atoms with Gasteiger partial charge in [-0.25, -0.2) is 0 Å². The number of hydrogen-bond donors (Lipinski definition) is 1. The van der Waals surface area contributed by atoms with Crippen LogP contribution in [0, 0.1) is 5.41 Å². The van der Waals surface area contributed by atoms with Crippen molar-refractivity contribution in [3.63, 3.8) is 0 Å². The summed E-state index contributed by atoms with van der Waals surface area (Å²) in [6, 6.07) is 1.23. The normalized spacial score (nSPS) is 41.2. The first kappa shape index (κ1) is 8.52. The fourth-order valence-corrected chi connectivity index (χ4v) is 2.72. The van der Waals surface area contributed by atoms with E-state index in [2.05, 4.69) is 18.7 Å². The van der Waals surface area contributed by atoms with Crippen LogP contribution in [0.5, 0.6) is 0 Å². The van der Waals surface area contributed by atoms with Crippen molar-refractivity contribution in [2.45, 2.75) is 45.2 Å². The largest absolute Gasteiger partial charge is 0.328 e. The van der Waals surface area contributed by atoms with Crippen molar-refractivity contribution in [3.8, 4) is 0 Å². The molecule has 2 aliphatic rings. The van der Waals surface area contributed by atoms with Crippen LogP contribution in [0.4, 0.5) is 0 Å². The molecule has 2 N–H and O–H groups in total. The average Bonchev–Trinajstić information content (AvgIpc) is 2.28. The van der Waals surface area contributed by atoms with E-state index < -0.39 is 0 Å². The standard InChI is InChI=1S/C10H20N2/c1-10(2)4-6-12-5-3-8(11)7-9(10)12/h8-9H,3-7,11H2,1-2H3. The smallest absolute Gasteiger partial charge is 0.0162 e. The third-order valence-electron chi connectivity index (χ3n) is 3.70. The van der Waals surface area contributed by atoms with Crippen molar-refractivity contribution in [1.29, 1.82) is 0 Å². The summed E-state index contributed by atoms with van der Waals surface area (Å²) in [6.07, 6.45) is 3.77. The topological polar surface area (TPSA) is 29.3 Å². The van der Waals surface area contributed by atoms with E-state index in [0.29, 0.717) is 11.5 Å². The average molecular weight is 168 g/mol. The van der Waals surface area contributed by atoms with Gasteiger partial charge in [0, 0.05) is 12.1 Å². The third kappa shape index (κ3) is 1.27. The molecule has 0 radical (unpaired) electrons. The highest BCUT2D eigenvalue weighted by Crippen LogP contribution is 2.40. The lowest BCUT2D eigenvalue weighted by Gasteiger charge is -2.39. The molecule has 0 amide bonds. The molecule has 2 heteroatoms. The number of nitrogens with zero attached hydrogens (tertiary/aromatic N) is 1. The summed E-state index contributed by atoms with van der Waals surface area (Å²) < 4.78 is 0. The van der Waals surface area contributed by atoms with Gasteiger partial charge in [-0.3, -0.25) is 4.90 Å². The molecule has 2 unspecified atom stereocenters. The van der Waals surface area contributed by atoms with E-state index in [0.717, 1.165) is 6.04 Å². The first-order valence-electron chi connectivity index (χ1n) is 5.09. The predicted molar refractivity (Wildman–Crippen MR) is 51.0 cm³/mol. The van der Waals surface area contributed by atoms with Crippen molar-refractivity contribution in [2.24, 2.45) is 11.1 Å². The van der Waals surface area contributed by atoms with Gasteiger partial charge >= 0.3 is 0 Å². The molecule has 2 nitrogen and oxygen atoms in total. The van der Waals surface area contributed by atoms with Gasteiger partial charge in [0.1, 0.15) is 0 Å². The molecule has 12 heavy (non-hydrogen) atoms. The van der Waals surface area contributed by atoms with Crippen LogP contribution in [0.1, 0.15) is 33.1 Å². The van der Waals surface area contributed by atoms with Gasteiger partial charge in [0.05, 0.1) is 0 Å². The van der Waals surface area contributed by atoms with Gasteiger partial charge in [-0.2, -0.15) is 0 Å². The molecule has 2 heterocycles. The van der Waals surface area contributed by atoms with Gasteiger partial charge in [-0.05, 0) is 37.8 Å². The highest BCUT2D eigenvalue weighted by molar-refractivity contribution is 4.97. The van der Waals surface area contributed by atoms with E-state index in [1.807, 2.05) is 0 Å². The fraction of sp³-hybridized carbons (Fsp3) is 1.00. The molecular formula is C10H20N2. The summed E-state index contributed by atoms with van der Waals surface area (Å²) in [5, 5.41) is 0. The first-order valence-corrected chi connectivity index (χ1v) is 5.09. The summed E-state index contributed by atoms with van der Waals surface area (Å²) in [5.41, 5.74) is 6.50. The van der Waals surface area contributed by atoms with Gasteiger partial charge in [-0.1, -0.05) is 13.8 Å². The van der Waals surface area contributed by atoms with E-state index >= 15 is 0 Å². The minimum atomic E-state index is 0.462. The van der Waals surface area contributed by atoms with E-state index in [9.17, 15) is 0 Å². The minimum absolute atomic E-state index is 0.462. The lowest BCUT2D eigenvalue weighted by Crippen LogP contribution is -2.47. The maximum absolute atomic E-state index is 5.99. The number of hydrogen-bond acceptors (Lipinski definition) is 2. The monoisotopic (exact) mass is 168 g/mol. The maximum atomic E-state index is 5.99. The Hall–Kier alpha value is -0.0800. The Kier molecular flexibility index (Phi) is 1.92. The van der Waals surface area contributed by atoms with Crippen LogP contribution in [-0.2, 0) is 0 Å². The maximum Gasteiger partial charge on any atom is 0.0162 e. The minimum Gasteiger partial charge on any atom is -0.328 e. The van der Waals surface area contributed by atoms with Crippen molar-refractivity contribution in [3.05, 3.63) is 0 Å². The van der Waals surface area contributed by atoms with Crippen LogP contribution in [0.25, 0.3) is 0 Å². The zero-order valence-electron chi connectivity index (χ0n) is 8.21. The van der Waals surface area contributed by atoms with Crippen LogP contribution in [0.3, 0.4) is 0 Å². The lowest BCUT2D eigenvalue weighted by molar-refractivity contribution is 0.123. The molecule has 0 bridgehead atoms. The first-order chi connectivity index (χ1) is 5.59. The molecule has 2 aliphatic heterocycles. The summed E-state index contributed by atoms with van der Waals surface area (Å²) in [6.45, 7) is 7.30. The highest BCUT2D eigenvalue weighted by Gasteiger charge is 2.42. The van der Waals surface area contributed by atoms with E-state index in [1.54, 1.807) is 0 Å². The van der Waals surface area contributed by atoms with Crippen molar-refractivity contribution in [2.75, 3.05) is 13.1 Å². The molecule has 2 fully saturated rings. The quantitative estimate of drug-likeness (QED) is 0.589. The van der Waals surface area contributed by atoms with Gasteiger partial charge in [0.25, 0.3) is 0 Å². The summed E-state index contributed by atoms with van der Waals surface area (Å²) in [5.74, 6) is 0. The van der Waals surface area contributed by atoms with Crippen LogP contribution in [-0.4, -0.2) is 30.1 Å². The Morgan fingerprint density at radius 2 is 2.08 bits per heavy atom. The van der Waals surface area contributed by atoms with Crippen LogP contribution in [0.2, 0.25) is 0 Å². The van der Waals surface area contributed by atoms with E-state index in [1.165, 1.54) is 32.4 Å². The summed E-state index contributed by atoms with van der Waals surface area (Å²) >= 11 is 0. The molecule has 0 aliphatic carbocycles. The second-order valence-electron chi connectivity index (χ2n) is 5.07. The number of piperidine rings is 1. The number of fused-ring (bicyclic) bond motifs is 1. The molecule has 0 aromatic heterocycles. The Labute approximate surface area is 75.1 Å². The van der Waals surface area contributed by atoms with E-state index in [-0.39, 0.29) is 0 Å². The van der Waals surface area contributed by atoms with Crippen molar-refractivity contribution < 1.29 is 0 Å². The lowest BCUT2D eigenvalue weighted by atomic mass is 9.80. The fourth-order valence-electron chi connectivity index (χ4n) is 2.72. The van der Waals surface area contributed by atoms with Crippen LogP contribution >= 0.6 is 0 Å². The number of rotatable bonds is 0. The molecular weight excluding hydrogens is 148 g/mol. The molecule has 2 saturated heterocycles. The molecule has 2 rings (SSSR count). The van der Waals surface area contributed by atoms with Gasteiger partial charge in [0.2, 0.25) is 0 Å². The third-order valence-corrected chi connectivity index (χ3v) is 3.70. The SMILES string of the molecule is CC1(C)CCN2CCC(N)CC21. The van der Waals surface area contributed by atoms with Crippen LogP contribution in [0.15, 0.2) is 0 Å². The molecule has 0 saturated carbocycles. The highest BCUT2D eigenvalue weighted by atomic mass is 15.2. The van der Waals surface area contributed by atoms with Gasteiger partial charge in [0.15, 0.2) is 0 Å². The van der Waals surface area contributed by atoms with Gasteiger partial charge in [-0.15, -0.1) is 0 Å². The second-order valence-corrected chi connectivity index (χ2v) is 5.07. The van der Waals surface area contributed by atoms with Crippen LogP contribution < -0.4 is 5.73 Å². The van der Waals surface area contributed by atoms with E-state index in [4.69, 9.17) is 5.73 Å². The summed E-state index contributed by atoms with van der Waals surface area (Å²) in [7, 11) is 0. The Balaban J connectivity index is 2.10. The summed E-state index contributed by atoms with van der Waals surface area (Å²) in [4.78, 5) is 2.63. The van der Waals surface area contributed by atoms with Crippen molar-refractivity contribution >= 4 is 0 Å². The predicted octanol–water partition coefficient (Wildman–Crippen LogP) is 1.21. The molecule has 0 aromatic carbocycles. The Bertz CT molecular complexity index is 177.